The van der Waals surface area contributed by atoms with Gasteiger partial charge in [0, 0.05) is 0 Å². The van der Waals surface area contributed by atoms with Gasteiger partial charge >= 0.3 is 45.2 Å². The van der Waals surface area contributed by atoms with E-state index in [-0.39, 0.29) is 119 Å². The van der Waals surface area contributed by atoms with E-state index in [0.717, 1.165) is 0 Å². The van der Waals surface area contributed by atoms with Crippen molar-refractivity contribution < 1.29 is 152 Å². The zero-order chi connectivity index (χ0) is 7.71. The van der Waals surface area contributed by atoms with E-state index in [2.05, 4.69) is 4.31 Å². The molecule has 186 valence electrons. The molecule has 26 heteroatoms. The Labute approximate surface area is 167 Å². The van der Waals surface area contributed by atoms with Gasteiger partial charge in [0.25, 0.3) is 0 Å². The van der Waals surface area contributed by atoms with E-state index in [9.17, 15) is 9.13 Å². The molecule has 0 bridgehead atoms. The number of hydrogen-bond acceptors (Lipinski definition) is 3. The molecule has 0 aliphatic heterocycles. The van der Waals surface area contributed by atoms with Crippen LogP contribution in [0.15, 0.2) is 0 Å². The topological polar surface area (TPSA) is 628 Å². The van der Waals surface area contributed by atoms with Gasteiger partial charge in [-0.05, 0) is 0 Å². The molecule has 0 heterocycles. The normalized spacial score (nSPS) is 4.77. The molecule has 0 unspecified atom stereocenters. The van der Waals surface area contributed by atoms with Gasteiger partial charge in [0.1, 0.15) is 0 Å². The molecule has 0 saturated heterocycles. The van der Waals surface area contributed by atoms with Gasteiger partial charge in [-0.25, -0.2) is 9.13 Å². The smallest absolute Gasteiger partial charge is 1.00 e. The monoisotopic (exact) mass is 490 g/mol. The largest absolute Gasteiger partial charge is 1.00 e. The summed E-state index contributed by atoms with van der Waals surface area (Å²) in [6.07, 6.45) is 0. The third-order valence-electron chi connectivity index (χ3n) is 0.213. The minimum absolute atomic E-state index is 0. The van der Waals surface area contributed by atoms with E-state index in [0.29, 0.717) is 0 Å². The van der Waals surface area contributed by atoms with Crippen LogP contribution in [0.5, 0.6) is 0 Å². The van der Waals surface area contributed by atoms with Gasteiger partial charge in [-0.1, -0.05) is 0 Å². The minimum Gasteiger partial charge on any atom is -1.00 e. The van der Waals surface area contributed by atoms with E-state index >= 15 is 0 Å². The quantitative estimate of drug-likeness (QED) is 0.213. The van der Waals surface area contributed by atoms with Gasteiger partial charge in [0.15, 0.2) is 0 Å². The maximum atomic E-state index is 9.63. The minimum atomic E-state index is -5.05. The van der Waals surface area contributed by atoms with Gasteiger partial charge in [0.05, 0.1) is 0 Å². The second-order valence-corrected chi connectivity index (χ2v) is 3.68. The Morgan fingerprint density at radius 2 is 0.500 bits per heavy atom. The van der Waals surface area contributed by atoms with Crippen molar-refractivity contribution >= 4 is 15.6 Å². The van der Waals surface area contributed by atoms with Crippen molar-refractivity contribution in [2.24, 2.45) is 0 Å². The van der Waals surface area contributed by atoms with E-state index in [1.54, 1.807) is 0 Å². The summed E-state index contributed by atoms with van der Waals surface area (Å²) in [6, 6.07) is 0. The zero-order valence-corrected chi connectivity index (χ0v) is 16.7. The molecule has 0 aromatic heterocycles. The molecule has 0 aromatic carbocycles. The first-order valence-electron chi connectivity index (χ1n) is 1.53. The Balaban J connectivity index is -0.00000000209. The zero-order valence-electron chi connectivity index (χ0n) is 13.9. The average molecular weight is 490 g/mol. The van der Waals surface area contributed by atoms with Gasteiger partial charge in [0.2, 0.25) is 0 Å². The molecule has 0 aliphatic carbocycles. The summed E-state index contributed by atoms with van der Waals surface area (Å²) in [5.74, 6) is 0. The number of hydrogen-bond donors (Lipinski definition) is 4. The summed E-state index contributed by atoms with van der Waals surface area (Å²) in [5, 5.41) is 0. The molecule has 36 N–H and O–H groups in total. The molecule has 0 amide bonds. The Hall–Kier alpha value is 0.620. The molecule has 0 aromatic rings. The van der Waals surface area contributed by atoms with E-state index < -0.39 is 15.6 Å². The molecule has 26 heavy (non-hydrogen) atoms. The first kappa shape index (κ1) is 235. The first-order valence-corrected chi connectivity index (χ1v) is 4.59. The second kappa shape index (κ2) is 83.7. The molecule has 0 spiro atoms. The van der Waals surface area contributed by atoms with E-state index in [1.165, 1.54) is 0 Å². The van der Waals surface area contributed by atoms with Crippen molar-refractivity contribution in [2.75, 3.05) is 0 Å². The maximum absolute atomic E-state index is 9.63. The molecule has 23 nitrogen and oxygen atoms in total. The van der Waals surface area contributed by atoms with Gasteiger partial charge < -0.3 is 109 Å². The molecule has 0 aliphatic rings. The fourth-order valence-electron chi connectivity index (χ4n) is 0.139. The third kappa shape index (κ3) is 313. The number of phosphoric acid groups is 2. The summed E-state index contributed by atoms with van der Waals surface area (Å²) in [7, 11) is -10.1. The molecule has 0 radical (unpaired) electrons. The van der Waals surface area contributed by atoms with Crippen molar-refractivity contribution in [3.8, 4) is 0 Å². The van der Waals surface area contributed by atoms with Crippen LogP contribution < -0.4 is 29.6 Å². The molecule has 0 fully saturated rings. The van der Waals surface area contributed by atoms with Crippen LogP contribution in [-0.2, 0) is 13.4 Å². The SMILES string of the molecule is O.O.O.O.O.O.O.O.O.O.O.O.O.O.O.O.O=P(O)(O)OP(=O)(O)O.[H-].[Na+]. The van der Waals surface area contributed by atoms with Crippen LogP contribution in [0.25, 0.3) is 0 Å². The Morgan fingerprint density at radius 3 is 0.500 bits per heavy atom. The van der Waals surface area contributed by atoms with Crippen molar-refractivity contribution in [3.63, 3.8) is 0 Å². The number of rotatable bonds is 2. The van der Waals surface area contributed by atoms with Gasteiger partial charge in [-0.15, -0.1) is 0 Å². The summed E-state index contributed by atoms with van der Waals surface area (Å²) in [6.45, 7) is 0. The van der Waals surface area contributed by atoms with Crippen LogP contribution in [0.1, 0.15) is 1.43 Å². The Bertz CT molecular complexity index is 163. The van der Waals surface area contributed by atoms with Crippen molar-refractivity contribution in [1.29, 1.82) is 0 Å². The van der Waals surface area contributed by atoms with Crippen molar-refractivity contribution in [1.82, 2.24) is 0 Å². The average Bonchev–Trinajstić information content (AvgIpc) is 1.14. The molecule has 0 saturated carbocycles. The molecular formula is H37NaO23P2. The van der Waals surface area contributed by atoms with E-state index in [4.69, 9.17) is 19.6 Å². The van der Waals surface area contributed by atoms with Gasteiger partial charge in [-0.2, -0.15) is 4.31 Å². The van der Waals surface area contributed by atoms with Crippen LogP contribution in [0, 0.1) is 0 Å². The van der Waals surface area contributed by atoms with Crippen LogP contribution in [0.2, 0.25) is 0 Å². The summed E-state index contributed by atoms with van der Waals surface area (Å²) < 4.78 is 22.2. The molecular weight excluding hydrogens is 453 g/mol. The second-order valence-electron chi connectivity index (χ2n) is 1.06. The van der Waals surface area contributed by atoms with Crippen LogP contribution in [0.3, 0.4) is 0 Å². The van der Waals surface area contributed by atoms with Crippen LogP contribution in [-0.4, -0.2) is 107 Å². The Morgan fingerprint density at radius 1 is 0.423 bits per heavy atom. The molecule has 0 rings (SSSR count). The maximum Gasteiger partial charge on any atom is 1.00 e. The predicted molar refractivity (Wildman–Crippen MR) is 84.1 cm³/mol. The van der Waals surface area contributed by atoms with E-state index in [1.807, 2.05) is 0 Å². The Kier molecular flexibility index (Phi) is 757. The van der Waals surface area contributed by atoms with Crippen LogP contribution >= 0.6 is 15.6 Å². The molecule has 0 atom stereocenters. The van der Waals surface area contributed by atoms with Crippen LogP contribution in [0.4, 0.5) is 0 Å². The summed E-state index contributed by atoms with van der Waals surface area (Å²) in [4.78, 5) is 31.0. The standard InChI is InChI=1S/Na.H4O7P2.16H2O.H/c;1-8(2,3)7-9(4,5)6;;;;;;;;;;;;;;;;;/h;(H2,1,2,3)(H2,4,5,6);16*1H2;/q+1;;;;;;;;;;;;;;;;;;-1. The van der Waals surface area contributed by atoms with Crippen molar-refractivity contribution in [2.45, 2.75) is 0 Å². The first-order chi connectivity index (χ1) is 3.71. The summed E-state index contributed by atoms with van der Waals surface area (Å²) >= 11 is 0. The fraction of sp³-hybridized carbons (Fsp3) is 0. The van der Waals surface area contributed by atoms with Gasteiger partial charge in [-0.3, -0.25) is 0 Å². The predicted octanol–water partition coefficient (Wildman–Crippen LogP) is -16.9. The fourth-order valence-corrected chi connectivity index (χ4v) is 1.25. The summed E-state index contributed by atoms with van der Waals surface area (Å²) in [5.41, 5.74) is 0. The van der Waals surface area contributed by atoms with Crippen molar-refractivity contribution in [3.05, 3.63) is 0 Å². The third-order valence-corrected chi connectivity index (χ3v) is 1.91.